The third-order valence-corrected chi connectivity index (χ3v) is 4.47. The molecule has 1 aliphatic heterocycles. The van der Waals surface area contributed by atoms with Crippen LogP contribution in [-0.4, -0.2) is 54.4 Å². The fourth-order valence-corrected chi connectivity index (χ4v) is 2.23. The van der Waals surface area contributed by atoms with Crippen molar-refractivity contribution in [2.75, 3.05) is 20.2 Å². The summed E-state index contributed by atoms with van der Waals surface area (Å²) in [6.07, 6.45) is 0. The van der Waals surface area contributed by atoms with E-state index in [9.17, 15) is 4.79 Å². The molecule has 22 heavy (non-hydrogen) atoms. The van der Waals surface area contributed by atoms with Gasteiger partial charge in [0, 0.05) is 19.2 Å². The molecule has 1 saturated heterocycles. The van der Waals surface area contributed by atoms with E-state index in [1.54, 1.807) is 19.2 Å². The maximum atomic E-state index is 12.1. The number of hydrogen-bond acceptors (Lipinski definition) is 4. The molecule has 2 rings (SSSR count). The molecule has 0 spiro atoms. The Balaban J connectivity index is 2.12. The lowest BCUT2D eigenvalue weighted by molar-refractivity contribution is 0.00578. The summed E-state index contributed by atoms with van der Waals surface area (Å²) < 4.78 is 12.0. The average Bonchev–Trinajstić information content (AvgIpc) is 2.67. The number of likely N-dealkylation sites (N-methyl/N-ethyl adjacent to an activating group) is 1. The first kappa shape index (κ1) is 17.0. The molecule has 1 amide bonds. The van der Waals surface area contributed by atoms with Crippen molar-refractivity contribution < 1.29 is 19.2 Å². The van der Waals surface area contributed by atoms with Crippen molar-refractivity contribution in [2.24, 2.45) is 0 Å². The molecule has 120 valence electrons. The minimum Gasteiger partial charge on any atom is -0.399 e. The minimum atomic E-state index is -0.427. The molecular formula is C16H24BNO4. The van der Waals surface area contributed by atoms with Crippen LogP contribution in [0.15, 0.2) is 24.3 Å². The Morgan fingerprint density at radius 2 is 1.64 bits per heavy atom. The highest BCUT2D eigenvalue weighted by Gasteiger charge is 2.51. The van der Waals surface area contributed by atoms with E-state index in [0.29, 0.717) is 12.1 Å². The van der Waals surface area contributed by atoms with E-state index in [2.05, 4.69) is 0 Å². The van der Waals surface area contributed by atoms with Crippen LogP contribution >= 0.6 is 0 Å². The van der Waals surface area contributed by atoms with Gasteiger partial charge in [0.2, 0.25) is 0 Å². The molecule has 1 aromatic rings. The van der Waals surface area contributed by atoms with Crippen LogP contribution in [0.1, 0.15) is 38.1 Å². The zero-order valence-corrected chi connectivity index (χ0v) is 13.9. The second kappa shape index (κ2) is 6.03. The summed E-state index contributed by atoms with van der Waals surface area (Å²) in [6.45, 7) is 8.30. The SMILES string of the molecule is CN(CCO)C(=O)c1ccc(B2OC(C)(C)C(C)(C)O2)cc1. The smallest absolute Gasteiger partial charge is 0.399 e. The van der Waals surface area contributed by atoms with Gasteiger partial charge in [0.25, 0.3) is 5.91 Å². The van der Waals surface area contributed by atoms with Gasteiger partial charge in [0.05, 0.1) is 17.8 Å². The standard InChI is InChI=1S/C16H24BNO4/c1-15(2)16(3,4)22-17(21-15)13-8-6-12(7-9-13)14(20)18(5)10-11-19/h6-9,19H,10-11H2,1-5H3. The first-order valence-corrected chi connectivity index (χ1v) is 7.50. The average molecular weight is 305 g/mol. The Morgan fingerprint density at radius 1 is 1.14 bits per heavy atom. The van der Waals surface area contributed by atoms with Gasteiger partial charge >= 0.3 is 7.12 Å². The quantitative estimate of drug-likeness (QED) is 0.845. The van der Waals surface area contributed by atoms with Gasteiger partial charge in [0.1, 0.15) is 0 Å². The van der Waals surface area contributed by atoms with Gasteiger partial charge in [-0.15, -0.1) is 0 Å². The van der Waals surface area contributed by atoms with Crippen LogP contribution in [0.25, 0.3) is 0 Å². The molecule has 1 aliphatic rings. The lowest BCUT2D eigenvalue weighted by Gasteiger charge is -2.32. The lowest BCUT2D eigenvalue weighted by atomic mass is 9.79. The first-order chi connectivity index (χ1) is 10.2. The maximum Gasteiger partial charge on any atom is 0.494 e. The molecule has 6 heteroatoms. The molecule has 1 N–H and O–H groups in total. The van der Waals surface area contributed by atoms with Crippen molar-refractivity contribution >= 4 is 18.5 Å². The molecule has 0 saturated carbocycles. The van der Waals surface area contributed by atoms with Crippen LogP contribution in [0.3, 0.4) is 0 Å². The fourth-order valence-electron chi connectivity index (χ4n) is 2.23. The molecule has 5 nitrogen and oxygen atoms in total. The third kappa shape index (κ3) is 3.19. The predicted molar refractivity (Wildman–Crippen MR) is 86.2 cm³/mol. The Kier molecular flexibility index (Phi) is 4.66. The van der Waals surface area contributed by atoms with E-state index < -0.39 is 7.12 Å². The zero-order valence-electron chi connectivity index (χ0n) is 13.9. The summed E-state index contributed by atoms with van der Waals surface area (Å²) in [5, 5.41) is 8.89. The van der Waals surface area contributed by atoms with Gasteiger partial charge in [-0.2, -0.15) is 0 Å². The van der Waals surface area contributed by atoms with Crippen molar-refractivity contribution in [2.45, 2.75) is 38.9 Å². The summed E-state index contributed by atoms with van der Waals surface area (Å²) in [4.78, 5) is 13.6. The first-order valence-electron chi connectivity index (χ1n) is 7.50. The molecule has 0 atom stereocenters. The molecule has 1 heterocycles. The number of carbonyl (C=O) groups is 1. The molecule has 0 radical (unpaired) electrons. The van der Waals surface area contributed by atoms with E-state index in [4.69, 9.17) is 14.4 Å². The second-order valence-corrected chi connectivity index (χ2v) is 6.66. The highest BCUT2D eigenvalue weighted by molar-refractivity contribution is 6.62. The summed E-state index contributed by atoms with van der Waals surface area (Å²) in [5.41, 5.74) is 0.706. The van der Waals surface area contributed by atoms with E-state index in [1.807, 2.05) is 39.8 Å². The molecule has 1 fully saturated rings. The van der Waals surface area contributed by atoms with Gasteiger partial charge < -0.3 is 19.3 Å². The molecule has 0 unspecified atom stereocenters. The van der Waals surface area contributed by atoms with Crippen LogP contribution in [0.4, 0.5) is 0 Å². The predicted octanol–water partition coefficient (Wildman–Crippen LogP) is 1.05. The normalized spacial score (nSPS) is 19.3. The number of benzene rings is 1. The van der Waals surface area contributed by atoms with Crippen molar-refractivity contribution in [1.29, 1.82) is 0 Å². The minimum absolute atomic E-state index is 0.0474. The Morgan fingerprint density at radius 3 is 2.09 bits per heavy atom. The van der Waals surface area contributed by atoms with Gasteiger partial charge in [-0.3, -0.25) is 4.79 Å². The Bertz CT molecular complexity index is 526. The van der Waals surface area contributed by atoms with E-state index in [1.165, 1.54) is 4.90 Å². The van der Waals surface area contributed by atoms with Gasteiger partial charge in [0.15, 0.2) is 0 Å². The second-order valence-electron chi connectivity index (χ2n) is 6.66. The number of aliphatic hydroxyl groups is 1. The van der Waals surface area contributed by atoms with Crippen LogP contribution in [-0.2, 0) is 9.31 Å². The van der Waals surface area contributed by atoms with Crippen molar-refractivity contribution in [3.8, 4) is 0 Å². The van der Waals surface area contributed by atoms with Crippen LogP contribution < -0.4 is 5.46 Å². The molecule has 0 aromatic heterocycles. The number of amides is 1. The Hall–Kier alpha value is -1.37. The topological polar surface area (TPSA) is 59.0 Å². The van der Waals surface area contributed by atoms with Gasteiger partial charge in [-0.05, 0) is 45.3 Å². The van der Waals surface area contributed by atoms with E-state index >= 15 is 0 Å². The van der Waals surface area contributed by atoms with Crippen molar-refractivity contribution in [3.05, 3.63) is 29.8 Å². The highest BCUT2D eigenvalue weighted by Crippen LogP contribution is 2.36. The number of nitrogens with zero attached hydrogens (tertiary/aromatic N) is 1. The monoisotopic (exact) mass is 305 g/mol. The summed E-state index contributed by atoms with van der Waals surface area (Å²) in [7, 11) is 1.24. The maximum absolute atomic E-state index is 12.1. The summed E-state index contributed by atoms with van der Waals surface area (Å²) >= 11 is 0. The Labute approximate surface area is 132 Å². The molecule has 0 bridgehead atoms. The summed E-state index contributed by atoms with van der Waals surface area (Å²) in [6, 6.07) is 7.22. The fraction of sp³-hybridized carbons (Fsp3) is 0.562. The van der Waals surface area contributed by atoms with Crippen molar-refractivity contribution in [1.82, 2.24) is 4.90 Å². The number of aliphatic hydroxyl groups excluding tert-OH is 1. The van der Waals surface area contributed by atoms with Crippen LogP contribution in [0, 0.1) is 0 Å². The number of rotatable bonds is 4. The van der Waals surface area contributed by atoms with E-state index in [0.717, 1.165) is 5.46 Å². The highest BCUT2D eigenvalue weighted by atomic mass is 16.7. The largest absolute Gasteiger partial charge is 0.494 e. The third-order valence-electron chi connectivity index (χ3n) is 4.47. The van der Waals surface area contributed by atoms with Gasteiger partial charge in [-0.25, -0.2) is 0 Å². The molecule has 1 aromatic carbocycles. The molecular weight excluding hydrogens is 281 g/mol. The van der Waals surface area contributed by atoms with E-state index in [-0.39, 0.29) is 23.7 Å². The van der Waals surface area contributed by atoms with Crippen LogP contribution in [0.2, 0.25) is 0 Å². The zero-order chi connectivity index (χ0) is 16.5. The lowest BCUT2D eigenvalue weighted by Crippen LogP contribution is -2.41. The number of carbonyl (C=O) groups excluding carboxylic acids is 1. The number of hydrogen-bond donors (Lipinski definition) is 1. The van der Waals surface area contributed by atoms with Crippen LogP contribution in [0.5, 0.6) is 0 Å². The van der Waals surface area contributed by atoms with Crippen molar-refractivity contribution in [3.63, 3.8) is 0 Å². The van der Waals surface area contributed by atoms with Gasteiger partial charge in [-0.1, -0.05) is 12.1 Å². The molecule has 0 aliphatic carbocycles. The summed E-state index contributed by atoms with van der Waals surface area (Å²) in [5.74, 6) is -0.116.